The number of rotatable bonds is 4. The van der Waals surface area contributed by atoms with Gasteiger partial charge in [-0.3, -0.25) is 4.57 Å². The van der Waals surface area contributed by atoms with Gasteiger partial charge in [-0.2, -0.15) is 4.98 Å². The lowest BCUT2D eigenvalue weighted by Gasteiger charge is -2.07. The first kappa shape index (κ1) is 17.2. The summed E-state index contributed by atoms with van der Waals surface area (Å²) < 4.78 is 29.4. The highest BCUT2D eigenvalue weighted by Gasteiger charge is 2.14. The van der Waals surface area contributed by atoms with Crippen molar-refractivity contribution in [1.29, 1.82) is 0 Å². The van der Waals surface area contributed by atoms with Gasteiger partial charge in [0.15, 0.2) is 5.65 Å². The van der Waals surface area contributed by atoms with E-state index in [4.69, 9.17) is 9.88 Å². The Kier molecular flexibility index (Phi) is 3.93. The Bertz CT molecular complexity index is 1320. The maximum absolute atomic E-state index is 12.5. The van der Waals surface area contributed by atoms with Crippen molar-refractivity contribution < 1.29 is 13.2 Å². The topological polar surface area (TPSA) is 133 Å². The quantitative estimate of drug-likeness (QED) is 0.538. The molecular weight excluding hydrogens is 370 g/mol. The van der Waals surface area contributed by atoms with Crippen molar-refractivity contribution in [3.05, 3.63) is 58.6 Å². The van der Waals surface area contributed by atoms with Crippen molar-refractivity contribution in [2.75, 3.05) is 7.11 Å². The van der Waals surface area contributed by atoms with Crippen molar-refractivity contribution in [3.63, 3.8) is 0 Å². The summed E-state index contributed by atoms with van der Waals surface area (Å²) in [5, 5.41) is 5.82. The molecule has 9 nitrogen and oxygen atoms in total. The fourth-order valence-corrected chi connectivity index (χ4v) is 3.46. The molecule has 3 heterocycles. The monoisotopic (exact) mass is 385 g/mol. The Labute approximate surface area is 153 Å². The van der Waals surface area contributed by atoms with Crippen LogP contribution < -0.4 is 15.6 Å². The van der Waals surface area contributed by atoms with Crippen molar-refractivity contribution in [2.45, 2.75) is 11.4 Å². The number of nitrogens with one attached hydrogen (secondary N) is 1. The van der Waals surface area contributed by atoms with Crippen LogP contribution in [0.5, 0.6) is 5.88 Å². The molecule has 0 aliphatic carbocycles. The third-order valence-corrected chi connectivity index (χ3v) is 5.16. The van der Waals surface area contributed by atoms with Gasteiger partial charge in [0.1, 0.15) is 0 Å². The maximum Gasteiger partial charge on any atom is 0.326 e. The summed E-state index contributed by atoms with van der Waals surface area (Å²) >= 11 is 0. The van der Waals surface area contributed by atoms with Crippen molar-refractivity contribution in [3.8, 4) is 5.88 Å². The minimum Gasteiger partial charge on any atom is -0.481 e. The van der Waals surface area contributed by atoms with E-state index >= 15 is 0 Å². The van der Waals surface area contributed by atoms with Gasteiger partial charge in [-0.1, -0.05) is 12.1 Å². The van der Waals surface area contributed by atoms with E-state index in [-0.39, 0.29) is 17.1 Å². The molecule has 138 valence electrons. The molecule has 1 aromatic carbocycles. The molecule has 0 aliphatic rings. The summed E-state index contributed by atoms with van der Waals surface area (Å²) in [6.07, 6.45) is 1.55. The second kappa shape index (κ2) is 6.18. The van der Waals surface area contributed by atoms with E-state index < -0.39 is 10.0 Å². The molecule has 0 amide bonds. The lowest BCUT2D eigenvalue weighted by atomic mass is 10.2. The first-order valence-corrected chi connectivity index (χ1v) is 9.45. The van der Waals surface area contributed by atoms with Crippen LogP contribution in [0.2, 0.25) is 0 Å². The van der Waals surface area contributed by atoms with Gasteiger partial charge in [0.25, 0.3) is 0 Å². The van der Waals surface area contributed by atoms with Gasteiger partial charge in [-0.25, -0.2) is 23.3 Å². The molecule has 4 aromatic rings. The molecule has 0 unspecified atom stereocenters. The third-order valence-electron chi connectivity index (χ3n) is 4.23. The van der Waals surface area contributed by atoms with Crippen LogP contribution in [-0.4, -0.2) is 35.0 Å². The number of hydrogen-bond donors (Lipinski definition) is 2. The van der Waals surface area contributed by atoms with Crippen LogP contribution in [0, 0.1) is 0 Å². The van der Waals surface area contributed by atoms with Crippen LogP contribution in [0.1, 0.15) is 5.56 Å². The Morgan fingerprint density at radius 2 is 1.93 bits per heavy atom. The van der Waals surface area contributed by atoms with Gasteiger partial charge >= 0.3 is 5.69 Å². The second-order valence-electron chi connectivity index (χ2n) is 5.95. The zero-order valence-electron chi connectivity index (χ0n) is 14.2. The van der Waals surface area contributed by atoms with Crippen molar-refractivity contribution in [1.82, 2.24) is 19.5 Å². The first-order valence-electron chi connectivity index (χ1n) is 7.91. The molecule has 0 atom stereocenters. The average molecular weight is 385 g/mol. The number of benzene rings is 1. The highest BCUT2D eigenvalue weighted by molar-refractivity contribution is 7.89. The van der Waals surface area contributed by atoms with E-state index in [1.54, 1.807) is 35.0 Å². The highest BCUT2D eigenvalue weighted by atomic mass is 32.2. The van der Waals surface area contributed by atoms with Crippen LogP contribution in [0.4, 0.5) is 0 Å². The molecule has 0 radical (unpaired) electrons. The average Bonchev–Trinajstić information content (AvgIpc) is 2.96. The molecule has 0 saturated heterocycles. The third kappa shape index (κ3) is 3.04. The number of hydrogen-bond acceptors (Lipinski definition) is 6. The number of methoxy groups -OCH3 is 1. The standard InChI is InChI=1S/C17H15N5O4S/c1-26-14-7-6-12-15-13(8-19-16(12)21-14)20-17(23)22(15)9-10-2-4-11(5-3-10)27(18,24)25/h2-8H,9H2,1H3,(H,20,23)(H2,18,24,25). The number of imidazole rings is 1. The molecule has 10 heteroatoms. The Balaban J connectivity index is 1.85. The van der Waals surface area contributed by atoms with Gasteiger partial charge in [-0.05, 0) is 23.8 Å². The van der Waals surface area contributed by atoms with E-state index in [0.29, 0.717) is 27.9 Å². The smallest absolute Gasteiger partial charge is 0.326 e. The Hall–Kier alpha value is -3.24. The molecule has 3 N–H and O–H groups in total. The van der Waals surface area contributed by atoms with Gasteiger partial charge in [0, 0.05) is 11.5 Å². The fourth-order valence-electron chi connectivity index (χ4n) is 2.94. The number of nitrogens with two attached hydrogens (primary N) is 1. The molecule has 4 rings (SSSR count). The number of pyridine rings is 2. The molecule has 0 aliphatic heterocycles. The van der Waals surface area contributed by atoms with E-state index in [2.05, 4.69) is 15.0 Å². The SMILES string of the molecule is COc1ccc2c(ncc3[nH]c(=O)n(Cc4ccc(S(N)(=O)=O)cc4)c32)n1. The number of ether oxygens (including phenoxy) is 1. The number of aromatic amines is 1. The van der Waals surface area contributed by atoms with Crippen LogP contribution in [-0.2, 0) is 16.6 Å². The number of sulfonamides is 1. The molecule has 27 heavy (non-hydrogen) atoms. The van der Waals surface area contributed by atoms with Gasteiger partial charge in [0.05, 0.1) is 35.8 Å². The van der Waals surface area contributed by atoms with E-state index in [9.17, 15) is 13.2 Å². The summed E-state index contributed by atoms with van der Waals surface area (Å²) in [6, 6.07) is 9.56. The van der Waals surface area contributed by atoms with E-state index in [0.717, 1.165) is 5.56 Å². The maximum atomic E-state index is 12.5. The lowest BCUT2D eigenvalue weighted by Crippen LogP contribution is -2.17. The lowest BCUT2D eigenvalue weighted by molar-refractivity contribution is 0.399. The fraction of sp³-hybridized carbons (Fsp3) is 0.118. The molecule has 3 aromatic heterocycles. The van der Waals surface area contributed by atoms with Crippen LogP contribution >= 0.6 is 0 Å². The summed E-state index contributed by atoms with van der Waals surface area (Å²) in [5.74, 6) is 0.428. The number of nitrogens with zero attached hydrogens (tertiary/aromatic N) is 3. The predicted molar refractivity (Wildman–Crippen MR) is 99.1 cm³/mol. The number of H-pyrrole nitrogens is 1. The molecule has 0 spiro atoms. The van der Waals surface area contributed by atoms with E-state index in [1.807, 2.05) is 0 Å². The summed E-state index contributed by atoms with van der Waals surface area (Å²) in [7, 11) is -2.25. The zero-order chi connectivity index (χ0) is 19.2. The zero-order valence-corrected chi connectivity index (χ0v) is 15.0. The molecule has 0 bridgehead atoms. The predicted octanol–water partition coefficient (Wildman–Crippen LogP) is 0.977. The van der Waals surface area contributed by atoms with Crippen molar-refractivity contribution in [2.24, 2.45) is 5.14 Å². The van der Waals surface area contributed by atoms with Crippen LogP contribution in [0.3, 0.4) is 0 Å². The minimum absolute atomic E-state index is 0.0171. The molecule has 0 fully saturated rings. The van der Waals surface area contributed by atoms with Gasteiger partial charge in [-0.15, -0.1) is 0 Å². The number of aromatic nitrogens is 4. The largest absolute Gasteiger partial charge is 0.481 e. The molecule has 0 saturated carbocycles. The number of primary sulfonamides is 1. The van der Waals surface area contributed by atoms with Crippen LogP contribution in [0.15, 0.2) is 52.3 Å². The minimum atomic E-state index is -3.76. The van der Waals surface area contributed by atoms with Crippen LogP contribution in [0.25, 0.3) is 22.1 Å². The Morgan fingerprint density at radius 1 is 1.19 bits per heavy atom. The normalized spacial score (nSPS) is 11.9. The van der Waals surface area contributed by atoms with Gasteiger partial charge in [0.2, 0.25) is 15.9 Å². The summed E-state index contributed by atoms with van der Waals surface area (Å²) in [4.78, 5) is 23.8. The number of fused-ring (bicyclic) bond motifs is 3. The second-order valence-corrected chi connectivity index (χ2v) is 7.51. The van der Waals surface area contributed by atoms with Crippen molar-refractivity contribution >= 4 is 32.1 Å². The molecular formula is C17H15N5O4S. The van der Waals surface area contributed by atoms with Gasteiger partial charge < -0.3 is 9.72 Å². The Morgan fingerprint density at radius 3 is 2.59 bits per heavy atom. The summed E-state index contributed by atoms with van der Waals surface area (Å²) in [5.41, 5.74) is 2.15. The van der Waals surface area contributed by atoms with E-state index in [1.165, 1.54) is 19.2 Å². The highest BCUT2D eigenvalue weighted by Crippen LogP contribution is 2.23. The summed E-state index contributed by atoms with van der Waals surface area (Å²) in [6.45, 7) is 0.245. The first-order chi connectivity index (χ1) is 12.9.